The van der Waals surface area contributed by atoms with Gasteiger partial charge in [0.25, 0.3) is 0 Å². The van der Waals surface area contributed by atoms with Crippen molar-refractivity contribution < 1.29 is 0 Å². The molecule has 0 heterocycles. The van der Waals surface area contributed by atoms with Gasteiger partial charge < -0.3 is 0 Å². The largest absolute Gasteiger partial charge is 0.0734 e. The van der Waals surface area contributed by atoms with Crippen LogP contribution in [0.15, 0.2) is 40.7 Å². The molecule has 18 heavy (non-hydrogen) atoms. The van der Waals surface area contributed by atoms with E-state index in [9.17, 15) is 0 Å². The predicted octanol–water partition coefficient (Wildman–Crippen LogP) is 5.01. The lowest BCUT2D eigenvalue weighted by molar-refractivity contribution is 0.840. The highest BCUT2D eigenvalue weighted by atomic mass is 28.3. The Morgan fingerprint density at radius 2 is 1.11 bits per heavy atom. The van der Waals surface area contributed by atoms with Crippen LogP contribution in [0.3, 0.4) is 0 Å². The number of allylic oxidation sites excluding steroid dienone is 2. The van der Waals surface area contributed by atoms with Crippen LogP contribution in [-0.2, 0) is 5.41 Å². The maximum absolute atomic E-state index is 2.50. The van der Waals surface area contributed by atoms with E-state index in [2.05, 4.69) is 76.5 Å². The first-order chi connectivity index (χ1) is 8.09. The van der Waals surface area contributed by atoms with Gasteiger partial charge in [0, 0.05) is 5.41 Å². The number of rotatable bonds is 3. The molecule has 0 saturated heterocycles. The summed E-state index contributed by atoms with van der Waals surface area (Å²) in [5.41, 5.74) is 1.82. The van der Waals surface area contributed by atoms with Crippen LogP contribution in [-0.4, -0.2) is 16.1 Å². The zero-order chi connectivity index (χ0) is 13.8. The Balaban J connectivity index is 2.51. The molecule has 0 unspecified atom stereocenters. The lowest BCUT2D eigenvalue weighted by Gasteiger charge is -2.24. The lowest BCUT2D eigenvalue weighted by Crippen LogP contribution is -2.27. The second kappa shape index (κ2) is 3.94. The number of benzene rings is 1. The quantitative estimate of drug-likeness (QED) is 0.680. The van der Waals surface area contributed by atoms with Crippen molar-refractivity contribution in [3.63, 3.8) is 0 Å². The zero-order valence-corrected chi connectivity index (χ0v) is 14.9. The Labute approximate surface area is 114 Å². The highest BCUT2D eigenvalue weighted by Gasteiger charge is 2.58. The maximum Gasteiger partial charge on any atom is 0.0734 e. The first-order valence-electron chi connectivity index (χ1n) is 6.91. The highest BCUT2D eigenvalue weighted by molar-refractivity contribution is 6.93. The van der Waals surface area contributed by atoms with E-state index >= 15 is 0 Å². The molecule has 1 aliphatic carbocycles. The molecule has 0 atom stereocenters. The van der Waals surface area contributed by atoms with E-state index < -0.39 is 16.1 Å². The van der Waals surface area contributed by atoms with Gasteiger partial charge in [-0.1, -0.05) is 80.0 Å². The van der Waals surface area contributed by atoms with Gasteiger partial charge in [-0.25, -0.2) is 0 Å². The number of hydrogen-bond acceptors (Lipinski definition) is 0. The first-order valence-corrected chi connectivity index (χ1v) is 13.9. The van der Waals surface area contributed by atoms with Gasteiger partial charge in [-0.3, -0.25) is 0 Å². The van der Waals surface area contributed by atoms with Gasteiger partial charge in [0.2, 0.25) is 0 Å². The van der Waals surface area contributed by atoms with E-state index in [0.29, 0.717) is 5.41 Å². The lowest BCUT2D eigenvalue weighted by atomic mass is 9.96. The fourth-order valence-electron chi connectivity index (χ4n) is 3.69. The summed E-state index contributed by atoms with van der Waals surface area (Å²) >= 11 is 0. The van der Waals surface area contributed by atoms with E-state index in [0.717, 1.165) is 0 Å². The summed E-state index contributed by atoms with van der Waals surface area (Å²) in [7, 11) is -2.40. The van der Waals surface area contributed by atoms with Crippen molar-refractivity contribution in [2.24, 2.45) is 0 Å². The van der Waals surface area contributed by atoms with E-state index in [1.165, 1.54) is 5.56 Å². The molecule has 0 bridgehead atoms. The standard InChI is InChI=1S/C16H26Si2/c1-16(13-11-9-8-10-12-13)14(17(2,3)4)15(16)18(5,6)7/h8-12H,1-7H3. The van der Waals surface area contributed by atoms with Crippen LogP contribution in [0.25, 0.3) is 0 Å². The molecule has 0 saturated carbocycles. The summed E-state index contributed by atoms with van der Waals surface area (Å²) in [4.78, 5) is 0. The van der Waals surface area contributed by atoms with Crippen molar-refractivity contribution in [1.82, 2.24) is 0 Å². The van der Waals surface area contributed by atoms with Crippen molar-refractivity contribution in [2.75, 3.05) is 0 Å². The van der Waals surface area contributed by atoms with E-state index in [-0.39, 0.29) is 0 Å². The Morgan fingerprint density at radius 3 is 1.44 bits per heavy atom. The molecule has 1 aliphatic rings. The van der Waals surface area contributed by atoms with Gasteiger partial charge in [0.15, 0.2) is 0 Å². The molecule has 0 nitrogen and oxygen atoms in total. The molecule has 1 aromatic carbocycles. The summed E-state index contributed by atoms with van der Waals surface area (Å²) in [5, 5.41) is 3.67. The van der Waals surface area contributed by atoms with Crippen LogP contribution in [0, 0.1) is 0 Å². The summed E-state index contributed by atoms with van der Waals surface area (Å²) in [6.45, 7) is 17.4. The first kappa shape index (κ1) is 13.8. The second-order valence-electron chi connectivity index (χ2n) is 7.74. The summed E-state index contributed by atoms with van der Waals surface area (Å²) in [6, 6.07) is 11.1. The molecule has 0 N–H and O–H groups in total. The average Bonchev–Trinajstić information content (AvgIpc) is 2.88. The van der Waals surface area contributed by atoms with E-state index in [1.807, 2.05) is 10.4 Å². The van der Waals surface area contributed by atoms with Crippen molar-refractivity contribution in [2.45, 2.75) is 51.6 Å². The topological polar surface area (TPSA) is 0 Å². The van der Waals surface area contributed by atoms with Crippen LogP contribution in [0.5, 0.6) is 0 Å². The normalized spacial score (nSPS) is 19.1. The Hall–Kier alpha value is -0.606. The van der Waals surface area contributed by atoms with Gasteiger partial charge in [-0.2, -0.15) is 0 Å². The predicted molar refractivity (Wildman–Crippen MR) is 87.5 cm³/mol. The zero-order valence-electron chi connectivity index (χ0n) is 12.9. The van der Waals surface area contributed by atoms with Crippen LogP contribution < -0.4 is 0 Å². The van der Waals surface area contributed by atoms with Crippen LogP contribution in [0.1, 0.15) is 12.5 Å². The minimum atomic E-state index is -1.20. The minimum Gasteiger partial charge on any atom is -0.0709 e. The van der Waals surface area contributed by atoms with Crippen molar-refractivity contribution in [3.05, 3.63) is 46.3 Å². The molecule has 0 fully saturated rings. The SMILES string of the molecule is CC1(c2ccccc2)C([Si](C)(C)C)=C1[Si](C)(C)C. The Bertz CT molecular complexity index is 460. The molecule has 0 aromatic heterocycles. The van der Waals surface area contributed by atoms with Gasteiger partial charge in [-0.15, -0.1) is 0 Å². The second-order valence-corrected chi connectivity index (χ2v) is 17.7. The van der Waals surface area contributed by atoms with Gasteiger partial charge in [0.05, 0.1) is 16.1 Å². The summed E-state index contributed by atoms with van der Waals surface area (Å²) in [5.74, 6) is 0. The smallest absolute Gasteiger partial charge is 0.0709 e. The third-order valence-electron chi connectivity index (χ3n) is 4.04. The molecule has 0 spiro atoms. The Kier molecular flexibility index (Phi) is 3.03. The molecular weight excluding hydrogens is 248 g/mol. The molecule has 1 aromatic rings. The van der Waals surface area contributed by atoms with Crippen LogP contribution >= 0.6 is 0 Å². The monoisotopic (exact) mass is 274 g/mol. The number of hydrogen-bond donors (Lipinski definition) is 0. The molecule has 0 radical (unpaired) electrons. The fraction of sp³-hybridized carbons (Fsp3) is 0.500. The van der Waals surface area contributed by atoms with E-state index in [4.69, 9.17) is 0 Å². The van der Waals surface area contributed by atoms with Gasteiger partial charge in [-0.05, 0) is 12.5 Å². The third kappa shape index (κ3) is 2.06. The highest BCUT2D eigenvalue weighted by Crippen LogP contribution is 2.60. The molecule has 0 aliphatic heterocycles. The molecule has 2 rings (SSSR count). The maximum atomic E-state index is 2.50. The van der Waals surface area contributed by atoms with Crippen molar-refractivity contribution >= 4 is 16.1 Å². The summed E-state index contributed by atoms with van der Waals surface area (Å²) < 4.78 is 0. The average molecular weight is 275 g/mol. The minimum absolute atomic E-state index is 0.302. The molecule has 2 heteroatoms. The molecule has 98 valence electrons. The van der Waals surface area contributed by atoms with Gasteiger partial charge in [0.1, 0.15) is 0 Å². The summed E-state index contributed by atoms with van der Waals surface area (Å²) in [6.07, 6.45) is 0. The van der Waals surface area contributed by atoms with Crippen molar-refractivity contribution in [1.29, 1.82) is 0 Å². The molecular formula is C16H26Si2. The van der Waals surface area contributed by atoms with Crippen molar-refractivity contribution in [3.8, 4) is 0 Å². The fourth-order valence-corrected chi connectivity index (χ4v) is 11.5. The Morgan fingerprint density at radius 1 is 0.722 bits per heavy atom. The van der Waals surface area contributed by atoms with E-state index in [1.54, 1.807) is 0 Å². The van der Waals surface area contributed by atoms with Crippen LogP contribution in [0.4, 0.5) is 0 Å². The van der Waals surface area contributed by atoms with Gasteiger partial charge >= 0.3 is 0 Å². The van der Waals surface area contributed by atoms with Crippen LogP contribution in [0.2, 0.25) is 39.3 Å². The third-order valence-corrected chi connectivity index (χ3v) is 8.79. The molecule has 0 amide bonds.